The van der Waals surface area contributed by atoms with Gasteiger partial charge < -0.3 is 9.47 Å². The Morgan fingerprint density at radius 1 is 1.12 bits per heavy atom. The Balaban J connectivity index is 1.60. The highest BCUT2D eigenvalue weighted by Crippen LogP contribution is 2.31. The minimum absolute atomic E-state index is 0.170. The first-order chi connectivity index (χ1) is 11.8. The maximum atomic E-state index is 12.1. The van der Waals surface area contributed by atoms with Crippen molar-refractivity contribution in [2.45, 2.75) is 0 Å². The smallest absolute Gasteiger partial charge is 0.295 e. The second-order valence-electron chi connectivity index (χ2n) is 5.22. The fourth-order valence-electron chi connectivity index (χ4n) is 2.55. The summed E-state index contributed by atoms with van der Waals surface area (Å²) >= 11 is 1.38. The van der Waals surface area contributed by atoms with Crippen LogP contribution in [0.25, 0.3) is 22.0 Å². The topological polar surface area (TPSA) is 60.5 Å². The number of carbonyl (C=O) groups is 1. The number of ether oxygens (including phenoxy) is 2. The molecular formula is C18H14N2O3S. The summed E-state index contributed by atoms with van der Waals surface area (Å²) < 4.78 is 10.4. The summed E-state index contributed by atoms with van der Waals surface area (Å²) in [6.45, 7) is 0.831. The molecule has 2 heterocycles. The molecule has 0 saturated heterocycles. The van der Waals surface area contributed by atoms with E-state index in [1.807, 2.05) is 29.6 Å². The summed E-state index contributed by atoms with van der Waals surface area (Å²) in [5.41, 5.74) is 1.88. The molecule has 0 saturated carbocycles. The number of thiazole rings is 1. The van der Waals surface area contributed by atoms with Crippen molar-refractivity contribution in [3.8, 4) is 11.3 Å². The molecular weight excluding hydrogens is 324 g/mol. The van der Waals surface area contributed by atoms with Crippen LogP contribution in [0.1, 0.15) is 0 Å². The predicted molar refractivity (Wildman–Crippen MR) is 93.7 cm³/mol. The van der Waals surface area contributed by atoms with Crippen molar-refractivity contribution < 1.29 is 14.3 Å². The fraction of sp³-hybridized carbons (Fsp3) is 0.111. The maximum absolute atomic E-state index is 12.1. The number of hydrogen-bond donors (Lipinski definition) is 1. The van der Waals surface area contributed by atoms with Gasteiger partial charge in [0.05, 0.1) is 5.69 Å². The summed E-state index contributed by atoms with van der Waals surface area (Å²) in [5.74, 6) is -0.184. The van der Waals surface area contributed by atoms with Gasteiger partial charge in [-0.3, -0.25) is 10.1 Å². The number of carbonyl (C=O) groups excluding carboxylic acids is 1. The van der Waals surface area contributed by atoms with E-state index in [1.54, 1.807) is 0 Å². The fourth-order valence-corrected chi connectivity index (χ4v) is 3.26. The lowest BCUT2D eigenvalue weighted by molar-refractivity contribution is -0.117. The van der Waals surface area contributed by atoms with Crippen molar-refractivity contribution in [3.63, 3.8) is 0 Å². The quantitative estimate of drug-likeness (QED) is 0.789. The van der Waals surface area contributed by atoms with Crippen LogP contribution < -0.4 is 5.32 Å². The van der Waals surface area contributed by atoms with E-state index in [0.29, 0.717) is 18.3 Å². The molecule has 0 atom stereocenters. The van der Waals surface area contributed by atoms with Crippen LogP contribution in [-0.4, -0.2) is 24.1 Å². The lowest BCUT2D eigenvalue weighted by Crippen LogP contribution is -2.21. The summed E-state index contributed by atoms with van der Waals surface area (Å²) in [5, 5.41) is 7.50. The molecule has 1 aliphatic rings. The summed E-state index contributed by atoms with van der Waals surface area (Å²) in [4.78, 5) is 16.6. The zero-order valence-electron chi connectivity index (χ0n) is 12.7. The normalized spacial score (nSPS) is 13.8. The molecule has 0 bridgehead atoms. The van der Waals surface area contributed by atoms with Crippen LogP contribution in [-0.2, 0) is 14.3 Å². The molecule has 0 unspecified atom stereocenters. The van der Waals surface area contributed by atoms with Gasteiger partial charge in [-0.15, -0.1) is 11.3 Å². The Morgan fingerprint density at radius 2 is 2.00 bits per heavy atom. The van der Waals surface area contributed by atoms with E-state index in [-0.39, 0.29) is 11.7 Å². The highest BCUT2D eigenvalue weighted by Gasteiger charge is 2.17. The number of nitrogens with one attached hydrogen (secondary N) is 1. The van der Waals surface area contributed by atoms with Crippen molar-refractivity contribution in [2.75, 3.05) is 18.5 Å². The third-order valence-corrected chi connectivity index (χ3v) is 4.42. The molecule has 0 aliphatic carbocycles. The first-order valence-electron chi connectivity index (χ1n) is 7.51. The SMILES string of the molecule is O=C(Nc1nc(-c2cccc3ccccc23)cs1)C1=COCCO1. The highest BCUT2D eigenvalue weighted by molar-refractivity contribution is 7.14. The van der Waals surface area contributed by atoms with Gasteiger partial charge in [-0.2, -0.15) is 0 Å². The van der Waals surface area contributed by atoms with E-state index in [2.05, 4.69) is 28.5 Å². The van der Waals surface area contributed by atoms with Gasteiger partial charge in [0.15, 0.2) is 5.13 Å². The molecule has 3 aromatic rings. The average molecular weight is 338 g/mol. The Hall–Kier alpha value is -2.86. The largest absolute Gasteiger partial charge is 0.494 e. The van der Waals surface area contributed by atoms with Crippen molar-refractivity contribution in [1.29, 1.82) is 0 Å². The minimum Gasteiger partial charge on any atom is -0.494 e. The monoisotopic (exact) mass is 338 g/mol. The molecule has 5 nitrogen and oxygen atoms in total. The maximum Gasteiger partial charge on any atom is 0.295 e. The Labute approximate surface area is 142 Å². The van der Waals surface area contributed by atoms with Crippen molar-refractivity contribution in [2.24, 2.45) is 0 Å². The number of fused-ring (bicyclic) bond motifs is 1. The van der Waals surface area contributed by atoms with E-state index in [0.717, 1.165) is 22.0 Å². The van der Waals surface area contributed by atoms with Crippen molar-refractivity contribution >= 4 is 33.1 Å². The van der Waals surface area contributed by atoms with Gasteiger partial charge in [0.25, 0.3) is 5.91 Å². The van der Waals surface area contributed by atoms with Crippen LogP contribution in [0, 0.1) is 0 Å². The number of amides is 1. The zero-order chi connectivity index (χ0) is 16.4. The van der Waals surface area contributed by atoms with Crippen LogP contribution in [0.4, 0.5) is 5.13 Å². The molecule has 0 radical (unpaired) electrons. The standard InChI is InChI=1S/C18H14N2O3S/c21-17(16-10-22-8-9-23-16)20-18-19-15(11-24-18)14-7-3-5-12-4-1-2-6-13(12)14/h1-7,10-11H,8-9H2,(H,19,20,21). The Kier molecular flexibility index (Phi) is 3.88. The number of hydrogen-bond acceptors (Lipinski definition) is 5. The van der Waals surface area contributed by atoms with Gasteiger partial charge in [-0.25, -0.2) is 4.98 Å². The average Bonchev–Trinajstić information content (AvgIpc) is 3.10. The summed E-state index contributed by atoms with van der Waals surface area (Å²) in [6, 6.07) is 14.3. The summed E-state index contributed by atoms with van der Waals surface area (Å²) in [7, 11) is 0. The minimum atomic E-state index is -0.353. The van der Waals surface area contributed by atoms with E-state index < -0.39 is 0 Å². The van der Waals surface area contributed by atoms with Crippen LogP contribution in [0.3, 0.4) is 0 Å². The van der Waals surface area contributed by atoms with E-state index in [4.69, 9.17) is 9.47 Å². The lowest BCUT2D eigenvalue weighted by Gasteiger charge is -2.14. The van der Waals surface area contributed by atoms with Crippen LogP contribution in [0.5, 0.6) is 0 Å². The number of nitrogens with zero attached hydrogens (tertiary/aromatic N) is 1. The third kappa shape index (κ3) is 2.83. The molecule has 4 rings (SSSR count). The first kappa shape index (κ1) is 14.7. The van der Waals surface area contributed by atoms with Gasteiger partial charge in [0, 0.05) is 10.9 Å². The van der Waals surface area contributed by atoms with Crippen LogP contribution >= 0.6 is 11.3 Å². The summed E-state index contributed by atoms with van der Waals surface area (Å²) in [6.07, 6.45) is 1.33. The van der Waals surface area contributed by atoms with E-state index in [9.17, 15) is 4.79 Å². The predicted octanol–water partition coefficient (Wildman–Crippen LogP) is 3.79. The molecule has 1 aliphatic heterocycles. The molecule has 1 N–H and O–H groups in total. The molecule has 1 aromatic heterocycles. The third-order valence-electron chi connectivity index (χ3n) is 3.66. The molecule has 24 heavy (non-hydrogen) atoms. The van der Waals surface area contributed by atoms with Gasteiger partial charge in [-0.05, 0) is 10.8 Å². The second-order valence-corrected chi connectivity index (χ2v) is 6.08. The Bertz CT molecular complexity index is 927. The van der Waals surface area contributed by atoms with Gasteiger partial charge >= 0.3 is 0 Å². The number of rotatable bonds is 3. The zero-order valence-corrected chi connectivity index (χ0v) is 13.5. The lowest BCUT2D eigenvalue weighted by atomic mass is 10.0. The second kappa shape index (κ2) is 6.33. The van der Waals surface area contributed by atoms with Gasteiger partial charge in [0.1, 0.15) is 19.5 Å². The molecule has 120 valence electrons. The van der Waals surface area contributed by atoms with Crippen molar-refractivity contribution in [1.82, 2.24) is 4.98 Å². The molecule has 1 amide bonds. The van der Waals surface area contributed by atoms with Gasteiger partial charge in [-0.1, -0.05) is 42.5 Å². The van der Waals surface area contributed by atoms with E-state index in [1.165, 1.54) is 17.6 Å². The number of benzene rings is 2. The van der Waals surface area contributed by atoms with E-state index >= 15 is 0 Å². The van der Waals surface area contributed by atoms with Crippen molar-refractivity contribution in [3.05, 3.63) is 59.9 Å². The number of anilines is 1. The Morgan fingerprint density at radius 3 is 2.88 bits per heavy atom. The number of aromatic nitrogens is 1. The molecule has 2 aromatic carbocycles. The molecule has 0 fully saturated rings. The van der Waals surface area contributed by atoms with Gasteiger partial charge in [0.2, 0.25) is 5.76 Å². The first-order valence-corrected chi connectivity index (χ1v) is 8.39. The van der Waals surface area contributed by atoms with Crippen LogP contribution in [0.15, 0.2) is 59.9 Å². The van der Waals surface area contributed by atoms with Crippen LogP contribution in [0.2, 0.25) is 0 Å². The highest BCUT2D eigenvalue weighted by atomic mass is 32.1. The molecule has 6 heteroatoms. The molecule has 0 spiro atoms.